The van der Waals surface area contributed by atoms with Gasteiger partial charge in [-0.1, -0.05) is 51.5 Å². The lowest BCUT2D eigenvalue weighted by Crippen LogP contribution is -2.47. The number of aliphatic hydroxyl groups is 2. The lowest BCUT2D eigenvalue weighted by atomic mass is 9.64. The summed E-state index contributed by atoms with van der Waals surface area (Å²) < 4.78 is 0. The minimum Gasteiger partial charge on any atom is -0.396 e. The third-order valence-corrected chi connectivity index (χ3v) is 5.16. The van der Waals surface area contributed by atoms with Gasteiger partial charge >= 0.3 is 0 Å². The Kier molecular flexibility index (Phi) is 5.45. The highest BCUT2D eigenvalue weighted by molar-refractivity contribution is 5.29. The van der Waals surface area contributed by atoms with Crippen LogP contribution in [-0.4, -0.2) is 22.4 Å². The lowest BCUT2D eigenvalue weighted by molar-refractivity contribution is -0.0796. The van der Waals surface area contributed by atoms with Crippen molar-refractivity contribution < 1.29 is 10.2 Å². The number of aliphatic hydroxyl groups excluding tert-OH is 1. The van der Waals surface area contributed by atoms with Crippen LogP contribution in [0.15, 0.2) is 24.3 Å². The maximum atomic E-state index is 11.4. The molecule has 1 aromatic rings. The molecule has 1 fully saturated rings. The maximum absolute atomic E-state index is 11.4. The van der Waals surface area contributed by atoms with Gasteiger partial charge in [-0.25, -0.2) is 0 Å². The average Bonchev–Trinajstić information content (AvgIpc) is 2.40. The smallest absolute Gasteiger partial charge is 0.0721 e. The van der Waals surface area contributed by atoms with Gasteiger partial charge in [0.15, 0.2) is 0 Å². The largest absolute Gasteiger partial charge is 0.396 e. The van der Waals surface area contributed by atoms with E-state index < -0.39 is 5.60 Å². The third kappa shape index (κ3) is 3.87. The fourth-order valence-corrected chi connectivity index (χ4v) is 4.17. The van der Waals surface area contributed by atoms with Gasteiger partial charge in [0.05, 0.1) is 5.60 Å². The van der Waals surface area contributed by atoms with E-state index in [1.54, 1.807) is 0 Å². The molecule has 118 valence electrons. The number of hydrogen-bond donors (Lipinski definition) is 2. The SMILES string of the molecule is CC(C)[C@@H]1CC[C@@H](C)C[C@@]1(O)Cc1ccccc1CCO. The zero-order valence-electron chi connectivity index (χ0n) is 13.7. The molecule has 1 aliphatic carbocycles. The second-order valence-electron chi connectivity index (χ2n) is 7.26. The van der Waals surface area contributed by atoms with E-state index in [4.69, 9.17) is 0 Å². The van der Waals surface area contributed by atoms with E-state index in [1.807, 2.05) is 12.1 Å². The highest BCUT2D eigenvalue weighted by Gasteiger charge is 2.42. The lowest BCUT2D eigenvalue weighted by Gasteiger charge is -2.45. The average molecular weight is 290 g/mol. The van der Waals surface area contributed by atoms with Crippen LogP contribution in [0.4, 0.5) is 0 Å². The van der Waals surface area contributed by atoms with E-state index in [9.17, 15) is 10.2 Å². The first-order chi connectivity index (χ1) is 9.96. The Morgan fingerprint density at radius 3 is 2.48 bits per heavy atom. The van der Waals surface area contributed by atoms with Crippen LogP contribution in [0.2, 0.25) is 0 Å². The summed E-state index contributed by atoms with van der Waals surface area (Å²) >= 11 is 0. The molecule has 0 spiro atoms. The van der Waals surface area contributed by atoms with Crippen molar-refractivity contribution in [2.45, 2.75) is 58.5 Å². The molecule has 0 saturated heterocycles. The van der Waals surface area contributed by atoms with Gasteiger partial charge in [-0.15, -0.1) is 0 Å². The summed E-state index contributed by atoms with van der Waals surface area (Å²) in [5, 5.41) is 20.6. The molecule has 1 aliphatic rings. The van der Waals surface area contributed by atoms with Gasteiger partial charge in [-0.3, -0.25) is 0 Å². The molecule has 0 amide bonds. The molecular formula is C19H30O2. The Hall–Kier alpha value is -0.860. The van der Waals surface area contributed by atoms with Crippen molar-refractivity contribution in [1.29, 1.82) is 0 Å². The van der Waals surface area contributed by atoms with Gasteiger partial charge in [-0.2, -0.15) is 0 Å². The maximum Gasteiger partial charge on any atom is 0.0721 e. The highest BCUT2D eigenvalue weighted by Crippen LogP contribution is 2.43. The summed E-state index contributed by atoms with van der Waals surface area (Å²) in [4.78, 5) is 0. The van der Waals surface area contributed by atoms with E-state index in [-0.39, 0.29) is 6.61 Å². The minimum atomic E-state index is -0.600. The van der Waals surface area contributed by atoms with Crippen LogP contribution in [-0.2, 0) is 12.8 Å². The minimum absolute atomic E-state index is 0.166. The molecule has 0 aromatic heterocycles. The van der Waals surface area contributed by atoms with E-state index in [2.05, 4.69) is 32.9 Å². The zero-order chi connectivity index (χ0) is 15.5. The van der Waals surface area contributed by atoms with Crippen molar-refractivity contribution in [2.24, 2.45) is 17.8 Å². The zero-order valence-corrected chi connectivity index (χ0v) is 13.7. The molecule has 0 radical (unpaired) electrons. The quantitative estimate of drug-likeness (QED) is 0.870. The van der Waals surface area contributed by atoms with Gasteiger partial charge in [0, 0.05) is 13.0 Å². The standard InChI is InChI=1S/C19H30O2/c1-14(2)18-9-8-15(3)12-19(18,21)13-17-7-5-4-6-16(17)10-11-20/h4-7,14-15,18,20-21H,8-13H2,1-3H3/t15-,18+,19-/m1/s1. The van der Waals surface area contributed by atoms with Crippen molar-refractivity contribution in [3.05, 3.63) is 35.4 Å². The van der Waals surface area contributed by atoms with Gasteiger partial charge in [-0.05, 0) is 48.1 Å². The Bertz CT molecular complexity index is 455. The summed E-state index contributed by atoms with van der Waals surface area (Å²) in [5.41, 5.74) is 1.78. The number of hydrogen-bond acceptors (Lipinski definition) is 2. The highest BCUT2D eigenvalue weighted by atomic mass is 16.3. The fraction of sp³-hybridized carbons (Fsp3) is 0.684. The molecule has 2 heteroatoms. The van der Waals surface area contributed by atoms with Gasteiger partial charge in [0.2, 0.25) is 0 Å². The van der Waals surface area contributed by atoms with Crippen molar-refractivity contribution >= 4 is 0 Å². The normalized spacial score (nSPS) is 29.8. The summed E-state index contributed by atoms with van der Waals surface area (Å²) in [6.45, 7) is 6.87. The Labute approximate surface area is 129 Å². The van der Waals surface area contributed by atoms with Crippen molar-refractivity contribution in [3.63, 3.8) is 0 Å². The van der Waals surface area contributed by atoms with E-state index >= 15 is 0 Å². The summed E-state index contributed by atoms with van der Waals surface area (Å²) in [6, 6.07) is 8.24. The second kappa shape index (κ2) is 6.93. The molecule has 0 heterocycles. The molecule has 0 bridgehead atoms. The molecule has 1 saturated carbocycles. The van der Waals surface area contributed by atoms with E-state index in [0.717, 1.165) is 19.3 Å². The second-order valence-corrected chi connectivity index (χ2v) is 7.26. The molecule has 2 nitrogen and oxygen atoms in total. The van der Waals surface area contributed by atoms with Crippen molar-refractivity contribution in [2.75, 3.05) is 6.61 Å². The molecular weight excluding hydrogens is 260 g/mol. The van der Waals surface area contributed by atoms with Crippen LogP contribution < -0.4 is 0 Å². The molecule has 0 aliphatic heterocycles. The summed E-state index contributed by atoms with van der Waals surface area (Å²) in [7, 11) is 0. The summed E-state index contributed by atoms with van der Waals surface area (Å²) in [6.07, 6.45) is 4.63. The van der Waals surface area contributed by atoms with Crippen LogP contribution in [0.1, 0.15) is 51.2 Å². The van der Waals surface area contributed by atoms with Crippen LogP contribution in [0.5, 0.6) is 0 Å². The first-order valence-corrected chi connectivity index (χ1v) is 8.36. The van der Waals surface area contributed by atoms with Gasteiger partial charge in [0.25, 0.3) is 0 Å². The number of rotatable bonds is 5. The Morgan fingerprint density at radius 1 is 1.19 bits per heavy atom. The van der Waals surface area contributed by atoms with Crippen LogP contribution in [0.3, 0.4) is 0 Å². The summed E-state index contributed by atoms with van der Waals surface area (Å²) in [5.74, 6) is 1.47. The monoisotopic (exact) mass is 290 g/mol. The van der Waals surface area contributed by atoms with Gasteiger partial charge < -0.3 is 10.2 Å². The molecule has 2 N–H and O–H groups in total. The topological polar surface area (TPSA) is 40.5 Å². The van der Waals surface area contributed by atoms with Crippen molar-refractivity contribution in [1.82, 2.24) is 0 Å². The molecule has 3 atom stereocenters. The molecule has 2 rings (SSSR count). The first kappa shape index (κ1) is 16.5. The molecule has 21 heavy (non-hydrogen) atoms. The van der Waals surface area contributed by atoms with E-state index in [1.165, 1.54) is 17.5 Å². The Balaban J connectivity index is 2.25. The fourth-order valence-electron chi connectivity index (χ4n) is 4.17. The van der Waals surface area contributed by atoms with Crippen LogP contribution in [0, 0.1) is 17.8 Å². The molecule has 1 aromatic carbocycles. The van der Waals surface area contributed by atoms with Crippen molar-refractivity contribution in [3.8, 4) is 0 Å². The number of benzene rings is 1. The molecule has 0 unspecified atom stereocenters. The van der Waals surface area contributed by atoms with Crippen LogP contribution >= 0.6 is 0 Å². The first-order valence-electron chi connectivity index (χ1n) is 8.36. The Morgan fingerprint density at radius 2 is 1.86 bits per heavy atom. The predicted octanol–water partition coefficient (Wildman–Crippen LogP) is 3.59. The predicted molar refractivity (Wildman–Crippen MR) is 87.2 cm³/mol. The van der Waals surface area contributed by atoms with Gasteiger partial charge in [0.1, 0.15) is 0 Å². The van der Waals surface area contributed by atoms with E-state index in [0.29, 0.717) is 24.2 Å². The third-order valence-electron chi connectivity index (χ3n) is 5.16. The van der Waals surface area contributed by atoms with Crippen LogP contribution in [0.25, 0.3) is 0 Å².